The molecule has 1 atom stereocenters. The van der Waals surface area contributed by atoms with E-state index in [1.165, 1.54) is 52.6 Å². The van der Waals surface area contributed by atoms with Crippen molar-refractivity contribution in [2.24, 2.45) is 4.99 Å². The van der Waals surface area contributed by atoms with E-state index in [1.54, 1.807) is 4.90 Å². The van der Waals surface area contributed by atoms with Gasteiger partial charge in [0.05, 0.1) is 17.1 Å². The fourth-order valence-corrected chi connectivity index (χ4v) is 6.12. The summed E-state index contributed by atoms with van der Waals surface area (Å²) in [6.07, 6.45) is 0.773. The Morgan fingerprint density at radius 1 is 1.04 bits per heavy atom. The number of aryl methyl sites for hydroxylation is 1. The maximum absolute atomic E-state index is 12.8. The number of aromatic nitrogens is 3. The first-order chi connectivity index (χ1) is 21.6. The van der Waals surface area contributed by atoms with Gasteiger partial charge in [0.1, 0.15) is 12.1 Å². The molecule has 0 bridgehead atoms. The number of rotatable bonds is 7. The van der Waals surface area contributed by atoms with E-state index in [-0.39, 0.29) is 23.5 Å². The summed E-state index contributed by atoms with van der Waals surface area (Å²) in [5.41, 5.74) is 10.9. The van der Waals surface area contributed by atoms with Gasteiger partial charge in [0.25, 0.3) is 0 Å². The van der Waals surface area contributed by atoms with E-state index in [0.29, 0.717) is 16.7 Å². The topological polar surface area (TPSA) is 114 Å². The van der Waals surface area contributed by atoms with Crippen molar-refractivity contribution in [3.63, 3.8) is 0 Å². The molecule has 0 saturated carbocycles. The first kappa shape index (κ1) is 30.3. The highest BCUT2D eigenvalue weighted by Crippen LogP contribution is 2.35. The third kappa shape index (κ3) is 7.02. The van der Waals surface area contributed by atoms with Gasteiger partial charge >= 0.3 is 12.4 Å². The van der Waals surface area contributed by atoms with Gasteiger partial charge in [-0.25, -0.2) is 19.9 Å². The molecular formula is C31H28F3N7O3S. The highest BCUT2D eigenvalue weighted by atomic mass is 32.2. The van der Waals surface area contributed by atoms with Crippen LogP contribution in [0.4, 0.5) is 23.7 Å². The van der Waals surface area contributed by atoms with Crippen LogP contribution in [-0.4, -0.2) is 44.0 Å². The number of urea groups is 1. The Morgan fingerprint density at radius 2 is 1.80 bits per heavy atom. The van der Waals surface area contributed by atoms with E-state index in [9.17, 15) is 22.8 Å². The number of aliphatic imine (C=N–C) groups is 1. The van der Waals surface area contributed by atoms with E-state index in [2.05, 4.69) is 36.7 Å². The molecule has 2 aliphatic rings. The second-order valence-corrected chi connectivity index (χ2v) is 11.4. The van der Waals surface area contributed by atoms with Crippen LogP contribution in [0.3, 0.4) is 0 Å². The molecule has 10 nitrogen and oxygen atoms in total. The average Bonchev–Trinajstić information content (AvgIpc) is 3.66. The van der Waals surface area contributed by atoms with E-state index in [1.807, 2.05) is 43.3 Å². The zero-order valence-electron chi connectivity index (χ0n) is 24.0. The fraction of sp³-hybridized carbons (Fsp3) is 0.258. The van der Waals surface area contributed by atoms with E-state index >= 15 is 0 Å². The number of alkyl halides is 3. The Hall–Kier alpha value is -4.69. The van der Waals surface area contributed by atoms with Crippen LogP contribution in [-0.2, 0) is 17.6 Å². The van der Waals surface area contributed by atoms with Crippen molar-refractivity contribution in [3.05, 3.63) is 89.7 Å². The summed E-state index contributed by atoms with van der Waals surface area (Å²) in [5, 5.41) is 4.77. The number of thioether (sulfide) groups is 1. The molecule has 1 unspecified atom stereocenters. The molecule has 1 aliphatic carbocycles. The number of ether oxygens (including phenoxy) is 1. The number of amides is 3. The van der Waals surface area contributed by atoms with Gasteiger partial charge in [-0.1, -0.05) is 48.2 Å². The van der Waals surface area contributed by atoms with Crippen LogP contribution >= 0.6 is 11.8 Å². The van der Waals surface area contributed by atoms with Crippen LogP contribution in [0.1, 0.15) is 42.5 Å². The predicted octanol–water partition coefficient (Wildman–Crippen LogP) is 6.12. The minimum absolute atomic E-state index is 0.0975. The number of hydrazine groups is 1. The summed E-state index contributed by atoms with van der Waals surface area (Å²) >= 11 is 1.24. The number of hydrogen-bond acceptors (Lipinski definition) is 7. The van der Waals surface area contributed by atoms with Crippen LogP contribution < -0.4 is 20.5 Å². The number of halogens is 3. The van der Waals surface area contributed by atoms with E-state index < -0.39 is 12.4 Å². The standard InChI is InChI=1S/C31H28F3N7O3S/c1-19(37-38-29(43)36-30-41(27(42)17-45-30)26-8-4-6-21-5-2-3-7-25(21)26)20-9-11-22(12-10-20)28-35-18-40(39-28)23-13-15-24(16-14-23)44-31(32,33)34/h4,6,8-16,18-19,37H,2-3,5,7,17H2,1H3,(H,38,43)/b36-30-. The molecule has 45 heavy (non-hydrogen) atoms. The highest BCUT2D eigenvalue weighted by Gasteiger charge is 2.33. The van der Waals surface area contributed by atoms with Gasteiger partial charge in [-0.05, 0) is 79.6 Å². The minimum atomic E-state index is -4.76. The van der Waals surface area contributed by atoms with Crippen molar-refractivity contribution >= 4 is 34.6 Å². The van der Waals surface area contributed by atoms with Crippen LogP contribution in [0.15, 0.2) is 78.0 Å². The first-order valence-electron chi connectivity index (χ1n) is 14.2. The number of carbonyl (C=O) groups excluding carboxylic acids is 2. The van der Waals surface area contributed by atoms with Crippen molar-refractivity contribution in [1.82, 2.24) is 25.6 Å². The smallest absolute Gasteiger partial charge is 0.406 e. The quantitative estimate of drug-likeness (QED) is 0.235. The molecule has 1 aromatic heterocycles. The van der Waals surface area contributed by atoms with Crippen molar-refractivity contribution < 1.29 is 27.5 Å². The monoisotopic (exact) mass is 635 g/mol. The molecule has 4 aromatic rings. The zero-order valence-corrected chi connectivity index (χ0v) is 24.9. The molecule has 3 amide bonds. The number of amidine groups is 1. The molecular weight excluding hydrogens is 607 g/mol. The molecule has 1 fully saturated rings. The van der Waals surface area contributed by atoms with Crippen LogP contribution in [0.5, 0.6) is 5.75 Å². The third-order valence-electron chi connectivity index (χ3n) is 7.47. The van der Waals surface area contributed by atoms with Gasteiger partial charge in [-0.3, -0.25) is 15.1 Å². The normalized spacial score (nSPS) is 16.5. The summed E-state index contributed by atoms with van der Waals surface area (Å²) in [6, 6.07) is 17.8. The summed E-state index contributed by atoms with van der Waals surface area (Å²) < 4.78 is 42.6. The van der Waals surface area contributed by atoms with E-state index in [0.717, 1.165) is 48.1 Å². The molecule has 0 radical (unpaired) electrons. The van der Waals surface area contributed by atoms with Crippen molar-refractivity contribution in [2.45, 2.75) is 45.0 Å². The lowest BCUT2D eigenvalue weighted by molar-refractivity contribution is -0.274. The molecule has 232 valence electrons. The highest BCUT2D eigenvalue weighted by molar-refractivity contribution is 8.15. The Morgan fingerprint density at radius 3 is 2.56 bits per heavy atom. The number of fused-ring (bicyclic) bond motifs is 1. The van der Waals surface area contributed by atoms with Gasteiger partial charge in [0.15, 0.2) is 11.0 Å². The second-order valence-electron chi connectivity index (χ2n) is 10.5. The molecule has 6 rings (SSSR count). The fourth-order valence-electron chi connectivity index (χ4n) is 5.26. The Kier molecular flexibility index (Phi) is 8.59. The maximum Gasteiger partial charge on any atom is 0.573 e. The SMILES string of the molecule is CC(NNC(=O)/N=C1\SCC(=O)N1c1cccc2c1CCCC2)c1ccc(-c2ncn(-c3ccc(OC(F)(F)F)cc3)n2)cc1. The average molecular weight is 636 g/mol. The summed E-state index contributed by atoms with van der Waals surface area (Å²) in [5.74, 6) is 0.227. The van der Waals surface area contributed by atoms with Gasteiger partial charge in [-0.2, -0.15) is 4.99 Å². The lowest BCUT2D eigenvalue weighted by Crippen LogP contribution is -2.39. The summed E-state index contributed by atoms with van der Waals surface area (Å²) in [6.45, 7) is 1.87. The third-order valence-corrected chi connectivity index (χ3v) is 8.39. The first-order valence-corrected chi connectivity index (χ1v) is 15.2. The zero-order chi connectivity index (χ0) is 31.6. The van der Waals surface area contributed by atoms with Gasteiger partial charge in [0, 0.05) is 11.6 Å². The number of benzene rings is 3. The summed E-state index contributed by atoms with van der Waals surface area (Å²) in [7, 11) is 0. The van der Waals surface area contributed by atoms with Gasteiger partial charge in [0.2, 0.25) is 5.91 Å². The van der Waals surface area contributed by atoms with Crippen LogP contribution in [0, 0.1) is 0 Å². The lowest BCUT2D eigenvalue weighted by Gasteiger charge is -2.24. The Bertz CT molecular complexity index is 1740. The predicted molar refractivity (Wildman–Crippen MR) is 164 cm³/mol. The molecule has 1 aliphatic heterocycles. The lowest BCUT2D eigenvalue weighted by atomic mass is 9.90. The largest absolute Gasteiger partial charge is 0.573 e. The number of anilines is 1. The number of hydrogen-bond donors (Lipinski definition) is 2. The minimum Gasteiger partial charge on any atom is -0.406 e. The van der Waals surface area contributed by atoms with Gasteiger partial charge < -0.3 is 4.74 Å². The number of carbonyl (C=O) groups is 2. The maximum atomic E-state index is 12.8. The molecule has 3 aromatic carbocycles. The van der Waals surface area contributed by atoms with Gasteiger partial charge in [-0.15, -0.1) is 18.3 Å². The summed E-state index contributed by atoms with van der Waals surface area (Å²) in [4.78, 5) is 35.6. The van der Waals surface area contributed by atoms with E-state index in [4.69, 9.17) is 0 Å². The molecule has 0 spiro atoms. The number of nitrogens with zero attached hydrogens (tertiary/aromatic N) is 5. The van der Waals surface area contributed by atoms with Crippen molar-refractivity contribution in [1.29, 1.82) is 0 Å². The number of nitrogens with one attached hydrogen (secondary N) is 2. The second kappa shape index (κ2) is 12.7. The Labute approximate surface area is 260 Å². The molecule has 14 heteroatoms. The van der Waals surface area contributed by atoms with Crippen molar-refractivity contribution in [3.8, 4) is 22.8 Å². The molecule has 2 heterocycles. The molecule has 1 saturated heterocycles. The van der Waals surface area contributed by atoms with Crippen LogP contribution in [0.25, 0.3) is 17.1 Å². The van der Waals surface area contributed by atoms with Crippen LogP contribution in [0.2, 0.25) is 0 Å². The van der Waals surface area contributed by atoms with Crippen molar-refractivity contribution in [2.75, 3.05) is 10.7 Å². The Balaban J connectivity index is 1.07. The molecule has 2 N–H and O–H groups in total.